The second kappa shape index (κ2) is 6.58. The Balaban J connectivity index is 1.41. The van der Waals surface area contributed by atoms with Gasteiger partial charge in [0.25, 0.3) is 5.91 Å². The molecule has 0 saturated carbocycles. The van der Waals surface area contributed by atoms with Crippen molar-refractivity contribution < 1.29 is 19.1 Å². The lowest BCUT2D eigenvalue weighted by molar-refractivity contribution is -0.124. The molecule has 0 aromatic carbocycles. The molecule has 1 N–H and O–H groups in total. The van der Waals surface area contributed by atoms with E-state index in [1.54, 1.807) is 0 Å². The maximum absolute atomic E-state index is 11.9. The minimum atomic E-state index is -0.401. The van der Waals surface area contributed by atoms with Crippen LogP contribution < -0.4 is 5.32 Å². The monoisotopic (exact) mass is 309 g/mol. The third kappa shape index (κ3) is 3.63. The van der Waals surface area contributed by atoms with Crippen LogP contribution in [0.15, 0.2) is 6.07 Å². The van der Waals surface area contributed by atoms with Crippen molar-refractivity contribution in [3.8, 4) is 0 Å². The molecule has 1 aliphatic carbocycles. The minimum Gasteiger partial charge on any atom is -0.451 e. The molecule has 114 valence electrons. The lowest BCUT2D eigenvalue weighted by atomic mass is 10.2. The third-order valence-electron chi connectivity index (χ3n) is 3.83. The number of hydrogen-bond donors (Lipinski definition) is 1. The normalized spacial score (nSPS) is 20.3. The molecular formula is C15H19NO4S. The van der Waals surface area contributed by atoms with Crippen LogP contribution in [0.25, 0.3) is 0 Å². The molecule has 6 heteroatoms. The van der Waals surface area contributed by atoms with Gasteiger partial charge in [-0.3, -0.25) is 4.79 Å². The van der Waals surface area contributed by atoms with Gasteiger partial charge in [0.05, 0.1) is 6.10 Å². The summed E-state index contributed by atoms with van der Waals surface area (Å²) < 4.78 is 10.5. The van der Waals surface area contributed by atoms with E-state index in [0.717, 1.165) is 32.3 Å². The van der Waals surface area contributed by atoms with Crippen molar-refractivity contribution in [1.29, 1.82) is 0 Å². The van der Waals surface area contributed by atoms with Crippen LogP contribution in [-0.2, 0) is 27.1 Å². The number of thiophene rings is 1. The van der Waals surface area contributed by atoms with E-state index in [0.29, 0.717) is 11.4 Å². The molecule has 1 amide bonds. The quantitative estimate of drug-likeness (QED) is 0.841. The van der Waals surface area contributed by atoms with Crippen molar-refractivity contribution in [2.75, 3.05) is 19.8 Å². The molecule has 1 atom stereocenters. The fraction of sp³-hybridized carbons (Fsp3) is 0.600. The van der Waals surface area contributed by atoms with E-state index in [1.165, 1.54) is 28.2 Å². The number of amides is 1. The smallest absolute Gasteiger partial charge is 0.348 e. The SMILES string of the molecule is O=C(COC(=O)c1cc2c(s1)CCC2)NCC1CCCO1. The lowest BCUT2D eigenvalue weighted by Crippen LogP contribution is -2.34. The van der Waals surface area contributed by atoms with E-state index < -0.39 is 5.97 Å². The van der Waals surface area contributed by atoms with E-state index in [1.807, 2.05) is 6.07 Å². The van der Waals surface area contributed by atoms with Crippen molar-refractivity contribution >= 4 is 23.2 Å². The van der Waals surface area contributed by atoms with Crippen LogP contribution in [-0.4, -0.2) is 37.7 Å². The fourth-order valence-corrected chi connectivity index (χ4v) is 3.86. The first-order valence-corrected chi connectivity index (χ1v) is 8.21. The van der Waals surface area contributed by atoms with Gasteiger partial charge in [-0.25, -0.2) is 4.79 Å². The highest BCUT2D eigenvalue weighted by Crippen LogP contribution is 2.30. The highest BCUT2D eigenvalue weighted by Gasteiger charge is 2.20. The van der Waals surface area contributed by atoms with Crippen LogP contribution in [0.2, 0.25) is 0 Å². The maximum Gasteiger partial charge on any atom is 0.348 e. The van der Waals surface area contributed by atoms with Gasteiger partial charge in [0, 0.05) is 18.0 Å². The molecule has 1 aromatic heterocycles. The van der Waals surface area contributed by atoms with Crippen molar-refractivity contribution in [2.45, 2.75) is 38.2 Å². The Bertz CT molecular complexity index is 512. The molecule has 0 spiro atoms. The summed E-state index contributed by atoms with van der Waals surface area (Å²) in [6, 6.07) is 1.90. The number of ether oxygens (including phenoxy) is 2. The molecule has 1 unspecified atom stereocenters. The first-order chi connectivity index (χ1) is 10.2. The zero-order chi connectivity index (χ0) is 14.7. The van der Waals surface area contributed by atoms with Gasteiger partial charge in [0.1, 0.15) is 4.88 Å². The Morgan fingerprint density at radius 2 is 2.29 bits per heavy atom. The molecule has 1 saturated heterocycles. The summed E-state index contributed by atoms with van der Waals surface area (Å²) in [5.74, 6) is -0.676. The van der Waals surface area contributed by atoms with Crippen LogP contribution in [0.1, 0.15) is 39.4 Å². The van der Waals surface area contributed by atoms with Crippen LogP contribution in [0, 0.1) is 0 Å². The van der Waals surface area contributed by atoms with Crippen LogP contribution in [0.3, 0.4) is 0 Å². The molecule has 2 aliphatic rings. The average molecular weight is 309 g/mol. The maximum atomic E-state index is 11.9. The van der Waals surface area contributed by atoms with Gasteiger partial charge in [0.2, 0.25) is 0 Å². The predicted octanol–water partition coefficient (Wildman–Crippen LogP) is 1.69. The van der Waals surface area contributed by atoms with Gasteiger partial charge in [-0.05, 0) is 43.7 Å². The summed E-state index contributed by atoms with van der Waals surface area (Å²) in [7, 11) is 0. The van der Waals surface area contributed by atoms with Crippen molar-refractivity contribution in [1.82, 2.24) is 5.32 Å². The van der Waals surface area contributed by atoms with E-state index in [-0.39, 0.29) is 18.6 Å². The predicted molar refractivity (Wildman–Crippen MR) is 78.6 cm³/mol. The topological polar surface area (TPSA) is 64.6 Å². The van der Waals surface area contributed by atoms with Gasteiger partial charge in [-0.1, -0.05) is 0 Å². The second-order valence-electron chi connectivity index (χ2n) is 5.43. The molecule has 1 aromatic rings. The van der Waals surface area contributed by atoms with Crippen LogP contribution >= 0.6 is 11.3 Å². The van der Waals surface area contributed by atoms with Gasteiger partial charge in [-0.15, -0.1) is 11.3 Å². The summed E-state index contributed by atoms with van der Waals surface area (Å²) in [6.45, 7) is 1.02. The number of rotatable bonds is 5. The Morgan fingerprint density at radius 1 is 1.38 bits per heavy atom. The molecule has 21 heavy (non-hydrogen) atoms. The highest BCUT2D eigenvalue weighted by molar-refractivity contribution is 7.14. The first-order valence-electron chi connectivity index (χ1n) is 7.39. The van der Waals surface area contributed by atoms with Gasteiger partial charge < -0.3 is 14.8 Å². The summed E-state index contributed by atoms with van der Waals surface area (Å²) in [4.78, 5) is 25.4. The van der Waals surface area contributed by atoms with E-state index in [4.69, 9.17) is 9.47 Å². The number of carbonyl (C=O) groups excluding carboxylic acids is 2. The molecule has 1 fully saturated rings. The van der Waals surface area contributed by atoms with E-state index in [9.17, 15) is 9.59 Å². The van der Waals surface area contributed by atoms with E-state index >= 15 is 0 Å². The molecule has 2 heterocycles. The molecule has 0 bridgehead atoms. The number of nitrogens with one attached hydrogen (secondary N) is 1. The number of hydrogen-bond acceptors (Lipinski definition) is 5. The third-order valence-corrected chi connectivity index (χ3v) is 5.05. The summed E-state index contributed by atoms with van der Waals surface area (Å²) in [5.41, 5.74) is 1.26. The minimum absolute atomic E-state index is 0.102. The molecule has 1 aliphatic heterocycles. The van der Waals surface area contributed by atoms with Crippen molar-refractivity contribution in [3.05, 3.63) is 21.4 Å². The Hall–Kier alpha value is -1.40. The number of aryl methyl sites for hydroxylation is 2. The summed E-state index contributed by atoms with van der Waals surface area (Å²) in [6.07, 6.45) is 5.38. The highest BCUT2D eigenvalue weighted by atomic mass is 32.1. The van der Waals surface area contributed by atoms with Crippen LogP contribution in [0.4, 0.5) is 0 Å². The Morgan fingerprint density at radius 3 is 3.05 bits per heavy atom. The van der Waals surface area contributed by atoms with E-state index in [2.05, 4.69) is 5.32 Å². The summed E-state index contributed by atoms with van der Waals surface area (Å²) >= 11 is 1.49. The lowest BCUT2D eigenvalue weighted by Gasteiger charge is -2.10. The van der Waals surface area contributed by atoms with Gasteiger partial charge in [0.15, 0.2) is 6.61 Å². The zero-order valence-electron chi connectivity index (χ0n) is 11.9. The standard InChI is InChI=1S/C15H19NO4S/c17-14(16-8-11-4-2-6-19-11)9-20-15(18)13-7-10-3-1-5-12(10)21-13/h7,11H,1-6,8-9H2,(H,16,17). The second-order valence-corrected chi connectivity index (χ2v) is 6.56. The number of esters is 1. The largest absolute Gasteiger partial charge is 0.451 e. The van der Waals surface area contributed by atoms with Gasteiger partial charge >= 0.3 is 5.97 Å². The number of carbonyl (C=O) groups is 2. The average Bonchev–Trinajstić information content (AvgIpc) is 3.17. The first kappa shape index (κ1) is 14.5. The summed E-state index contributed by atoms with van der Waals surface area (Å²) in [5, 5.41) is 2.73. The molecule has 0 radical (unpaired) electrons. The Labute approximate surface area is 127 Å². The van der Waals surface area contributed by atoms with Crippen LogP contribution in [0.5, 0.6) is 0 Å². The number of fused-ring (bicyclic) bond motifs is 1. The van der Waals surface area contributed by atoms with Gasteiger partial charge in [-0.2, -0.15) is 0 Å². The van der Waals surface area contributed by atoms with Crippen molar-refractivity contribution in [3.63, 3.8) is 0 Å². The molecular weight excluding hydrogens is 290 g/mol. The fourth-order valence-electron chi connectivity index (χ4n) is 2.72. The molecule has 3 rings (SSSR count). The Kier molecular flexibility index (Phi) is 4.55. The van der Waals surface area contributed by atoms with Crippen molar-refractivity contribution in [2.24, 2.45) is 0 Å². The molecule has 5 nitrogen and oxygen atoms in total. The zero-order valence-corrected chi connectivity index (χ0v) is 12.7.